The van der Waals surface area contributed by atoms with Gasteiger partial charge in [-0.3, -0.25) is 19.9 Å². The van der Waals surface area contributed by atoms with E-state index in [0.717, 1.165) is 12.8 Å². The molecule has 2 aromatic rings. The molecule has 0 spiro atoms. The number of carbonyl (C=O) groups is 2. The first kappa shape index (κ1) is 14.7. The number of nitrogens with two attached hydrogens (primary N) is 1. The second-order valence-corrected chi connectivity index (χ2v) is 4.49. The molecule has 0 saturated heterocycles. The van der Waals surface area contributed by atoms with E-state index in [1.807, 2.05) is 6.92 Å². The number of unbranched alkanes of at least 4 members (excludes halogenated alkanes) is 1. The fourth-order valence-electron chi connectivity index (χ4n) is 1.84. The average Bonchev–Trinajstić information content (AvgIpc) is 2.89. The number of nitrogens with one attached hydrogen (secondary N) is 1. The number of amides is 2. The van der Waals surface area contributed by atoms with Crippen LogP contribution in [0.1, 0.15) is 36.5 Å². The minimum Gasteiger partial charge on any atom is -0.365 e. The van der Waals surface area contributed by atoms with E-state index in [9.17, 15) is 9.59 Å². The van der Waals surface area contributed by atoms with Gasteiger partial charge in [0.1, 0.15) is 11.3 Å². The molecule has 21 heavy (non-hydrogen) atoms. The largest absolute Gasteiger partial charge is 0.365 e. The van der Waals surface area contributed by atoms with Crippen LogP contribution in [0, 0.1) is 0 Å². The summed E-state index contributed by atoms with van der Waals surface area (Å²) < 4.78 is 5.06. The highest BCUT2D eigenvalue weighted by atomic mass is 16.5. The van der Waals surface area contributed by atoms with Crippen LogP contribution < -0.4 is 11.1 Å². The summed E-state index contributed by atoms with van der Waals surface area (Å²) in [7, 11) is 0. The molecule has 2 rings (SSSR count). The third-order valence-electron chi connectivity index (χ3n) is 2.90. The number of hydrogen-bond donors (Lipinski definition) is 2. The van der Waals surface area contributed by atoms with Crippen LogP contribution in [0.3, 0.4) is 0 Å². The molecule has 3 N–H and O–H groups in total. The molecule has 110 valence electrons. The topological polar surface area (TPSA) is 111 Å². The highest BCUT2D eigenvalue weighted by Gasteiger charge is 2.23. The highest BCUT2D eigenvalue weighted by Crippen LogP contribution is 2.28. The van der Waals surface area contributed by atoms with Gasteiger partial charge >= 0.3 is 0 Å². The maximum absolute atomic E-state index is 11.7. The van der Waals surface area contributed by atoms with Gasteiger partial charge in [0.15, 0.2) is 0 Å². The Morgan fingerprint density at radius 1 is 1.33 bits per heavy atom. The summed E-state index contributed by atoms with van der Waals surface area (Å²) in [6.45, 7) is 1.98. The Hall–Kier alpha value is -2.70. The van der Waals surface area contributed by atoms with Crippen LogP contribution in [-0.2, 0) is 4.79 Å². The average molecular weight is 288 g/mol. The number of nitrogens with zero attached hydrogens (tertiary/aromatic N) is 2. The Labute approximate surface area is 121 Å². The van der Waals surface area contributed by atoms with Gasteiger partial charge in [0, 0.05) is 24.4 Å². The van der Waals surface area contributed by atoms with Gasteiger partial charge in [0.05, 0.1) is 0 Å². The maximum Gasteiger partial charge on any atom is 0.256 e. The van der Waals surface area contributed by atoms with Gasteiger partial charge in [-0.05, 0) is 18.6 Å². The van der Waals surface area contributed by atoms with Crippen molar-refractivity contribution in [3.8, 4) is 11.3 Å². The molecule has 0 aliphatic carbocycles. The minimum absolute atomic E-state index is 0.0181. The summed E-state index contributed by atoms with van der Waals surface area (Å²) in [6, 6.07) is 3.35. The second kappa shape index (κ2) is 6.65. The van der Waals surface area contributed by atoms with E-state index in [0.29, 0.717) is 12.0 Å². The van der Waals surface area contributed by atoms with Crippen molar-refractivity contribution in [3.63, 3.8) is 0 Å². The van der Waals surface area contributed by atoms with Crippen molar-refractivity contribution in [2.45, 2.75) is 26.2 Å². The molecule has 0 aliphatic rings. The predicted molar refractivity (Wildman–Crippen MR) is 76.4 cm³/mol. The SMILES string of the molecule is CCCCC(=O)Nc1onc(-c2ccncc2)c1C(N)=O. The van der Waals surface area contributed by atoms with Crippen molar-refractivity contribution in [1.29, 1.82) is 0 Å². The number of hydrogen-bond acceptors (Lipinski definition) is 5. The molecule has 0 aliphatic heterocycles. The predicted octanol–water partition coefficient (Wildman–Crippen LogP) is 1.96. The van der Waals surface area contributed by atoms with Crippen LogP contribution >= 0.6 is 0 Å². The van der Waals surface area contributed by atoms with Crippen molar-refractivity contribution in [2.75, 3.05) is 5.32 Å². The summed E-state index contributed by atoms with van der Waals surface area (Å²) in [5.41, 5.74) is 6.35. The molecule has 0 unspecified atom stereocenters. The molecule has 2 amide bonds. The lowest BCUT2D eigenvalue weighted by molar-refractivity contribution is -0.116. The lowest BCUT2D eigenvalue weighted by atomic mass is 10.1. The van der Waals surface area contributed by atoms with Crippen LogP contribution in [0.2, 0.25) is 0 Å². The molecule has 0 atom stereocenters. The van der Waals surface area contributed by atoms with Crippen LogP contribution in [0.25, 0.3) is 11.3 Å². The molecule has 0 aromatic carbocycles. The van der Waals surface area contributed by atoms with E-state index in [1.165, 1.54) is 0 Å². The number of pyridine rings is 1. The summed E-state index contributed by atoms with van der Waals surface area (Å²) in [5, 5.41) is 6.35. The zero-order valence-corrected chi connectivity index (χ0v) is 11.6. The molecule has 0 radical (unpaired) electrons. The second-order valence-electron chi connectivity index (χ2n) is 4.49. The Kier molecular flexibility index (Phi) is 4.65. The van der Waals surface area contributed by atoms with E-state index in [4.69, 9.17) is 10.3 Å². The molecule has 7 heteroatoms. The van der Waals surface area contributed by atoms with Crippen molar-refractivity contribution in [3.05, 3.63) is 30.1 Å². The first-order valence-electron chi connectivity index (χ1n) is 6.63. The van der Waals surface area contributed by atoms with Crippen molar-refractivity contribution in [2.24, 2.45) is 5.73 Å². The van der Waals surface area contributed by atoms with E-state index in [2.05, 4.69) is 15.5 Å². The summed E-state index contributed by atoms with van der Waals surface area (Å²) in [6.07, 6.45) is 5.13. The van der Waals surface area contributed by atoms with Gasteiger partial charge in [-0.25, -0.2) is 0 Å². The third kappa shape index (κ3) is 3.44. The molecule has 0 saturated carbocycles. The van der Waals surface area contributed by atoms with Crippen LogP contribution in [0.15, 0.2) is 29.0 Å². The Bertz CT molecular complexity index is 637. The van der Waals surface area contributed by atoms with E-state index < -0.39 is 5.91 Å². The van der Waals surface area contributed by atoms with Crippen molar-refractivity contribution >= 4 is 17.7 Å². The zero-order chi connectivity index (χ0) is 15.2. The normalized spacial score (nSPS) is 10.3. The van der Waals surface area contributed by atoms with Crippen molar-refractivity contribution in [1.82, 2.24) is 10.1 Å². The van der Waals surface area contributed by atoms with Gasteiger partial charge < -0.3 is 10.3 Å². The zero-order valence-electron chi connectivity index (χ0n) is 11.6. The Morgan fingerprint density at radius 2 is 2.05 bits per heavy atom. The van der Waals surface area contributed by atoms with Crippen LogP contribution in [-0.4, -0.2) is 22.0 Å². The van der Waals surface area contributed by atoms with Gasteiger partial charge in [-0.1, -0.05) is 18.5 Å². The lowest BCUT2D eigenvalue weighted by Gasteiger charge is -2.02. The Balaban J connectivity index is 2.30. The first-order valence-corrected chi connectivity index (χ1v) is 6.63. The number of rotatable bonds is 6. The van der Waals surface area contributed by atoms with Gasteiger partial charge in [-0.2, -0.15) is 0 Å². The minimum atomic E-state index is -0.714. The Morgan fingerprint density at radius 3 is 2.67 bits per heavy atom. The fourth-order valence-corrected chi connectivity index (χ4v) is 1.84. The number of carbonyl (C=O) groups excluding carboxylic acids is 2. The molecule has 2 aromatic heterocycles. The molecule has 2 heterocycles. The van der Waals surface area contributed by atoms with E-state index >= 15 is 0 Å². The summed E-state index contributed by atoms with van der Waals surface area (Å²) in [5.74, 6) is -0.971. The smallest absolute Gasteiger partial charge is 0.256 e. The van der Waals surface area contributed by atoms with E-state index in [1.54, 1.807) is 24.5 Å². The quantitative estimate of drug-likeness (QED) is 0.844. The summed E-state index contributed by atoms with van der Waals surface area (Å²) >= 11 is 0. The number of anilines is 1. The maximum atomic E-state index is 11.7. The molecule has 0 bridgehead atoms. The molecular formula is C14H16N4O3. The van der Waals surface area contributed by atoms with Crippen LogP contribution in [0.4, 0.5) is 5.88 Å². The first-order chi connectivity index (χ1) is 10.1. The molecule has 0 fully saturated rings. The standard InChI is InChI=1S/C14H16N4O3/c1-2-3-4-10(19)17-14-11(13(15)20)12(18-21-14)9-5-7-16-8-6-9/h5-8H,2-4H2,1H3,(H2,15,20)(H,17,19). The highest BCUT2D eigenvalue weighted by molar-refractivity contribution is 6.05. The fraction of sp³-hybridized carbons (Fsp3) is 0.286. The van der Waals surface area contributed by atoms with Crippen LogP contribution in [0.5, 0.6) is 0 Å². The number of aromatic nitrogens is 2. The van der Waals surface area contributed by atoms with Gasteiger partial charge in [0.25, 0.3) is 5.91 Å². The number of primary amides is 1. The van der Waals surface area contributed by atoms with Gasteiger partial charge in [0.2, 0.25) is 11.8 Å². The lowest BCUT2D eigenvalue weighted by Crippen LogP contribution is -2.17. The monoisotopic (exact) mass is 288 g/mol. The van der Waals surface area contributed by atoms with Crippen molar-refractivity contribution < 1.29 is 14.1 Å². The molecular weight excluding hydrogens is 272 g/mol. The molecule has 7 nitrogen and oxygen atoms in total. The summed E-state index contributed by atoms with van der Waals surface area (Å²) in [4.78, 5) is 27.2. The van der Waals surface area contributed by atoms with E-state index in [-0.39, 0.29) is 23.0 Å². The van der Waals surface area contributed by atoms with Gasteiger partial charge in [-0.15, -0.1) is 0 Å². The third-order valence-corrected chi connectivity index (χ3v) is 2.90.